The van der Waals surface area contributed by atoms with Crippen LogP contribution in [0.25, 0.3) is 33.4 Å². The number of hydrazine groups is 1. The Kier molecular flexibility index (Phi) is 16.1. The van der Waals surface area contributed by atoms with E-state index in [2.05, 4.69) is 72.6 Å². The van der Waals surface area contributed by atoms with E-state index in [1.54, 1.807) is 25.3 Å². The van der Waals surface area contributed by atoms with Gasteiger partial charge in [0.1, 0.15) is 18.1 Å². The summed E-state index contributed by atoms with van der Waals surface area (Å²) in [7, 11) is 5.22. The largest absolute Gasteiger partial charge is 0.464 e. The number of ether oxygens (including phenoxy) is 3. The Balaban J connectivity index is 1.24. The van der Waals surface area contributed by atoms with Crippen LogP contribution in [0.3, 0.4) is 0 Å². The number of methoxy groups -OCH3 is 1. The third-order valence-electron chi connectivity index (χ3n) is 13.6. The number of hydrogen-bond acceptors (Lipinski definition) is 12. The lowest BCUT2D eigenvalue weighted by atomic mass is 9.84. The Morgan fingerprint density at radius 3 is 2.64 bits per heavy atom. The van der Waals surface area contributed by atoms with Crippen molar-refractivity contribution in [1.82, 2.24) is 45.4 Å². The number of benzene rings is 1. The zero-order valence-electron chi connectivity index (χ0n) is 41.0. The summed E-state index contributed by atoms with van der Waals surface area (Å²) in [4.78, 5) is 70.5. The predicted molar refractivity (Wildman–Crippen MR) is 260 cm³/mol. The second kappa shape index (κ2) is 21.6. The average Bonchev–Trinajstić information content (AvgIpc) is 4.05. The second-order valence-corrected chi connectivity index (χ2v) is 20.4. The summed E-state index contributed by atoms with van der Waals surface area (Å²) in [5.74, 6) is -1.39. The van der Waals surface area contributed by atoms with Gasteiger partial charge in [0.2, 0.25) is 5.91 Å². The van der Waals surface area contributed by atoms with Gasteiger partial charge in [-0.05, 0) is 82.3 Å². The van der Waals surface area contributed by atoms with Crippen molar-refractivity contribution in [3.05, 3.63) is 58.2 Å². The minimum Gasteiger partial charge on any atom is -0.464 e. The number of carbonyl (C=O) groups excluding carboxylic acids is 4. The van der Waals surface area contributed by atoms with Crippen molar-refractivity contribution < 1.29 is 33.4 Å². The molecule has 4 aromatic rings. The van der Waals surface area contributed by atoms with Gasteiger partial charge in [0.15, 0.2) is 0 Å². The number of likely N-dealkylation sites (tertiary alicyclic amines) is 1. The van der Waals surface area contributed by atoms with Crippen LogP contribution in [-0.4, -0.2) is 138 Å². The van der Waals surface area contributed by atoms with E-state index in [4.69, 9.17) is 24.2 Å². The highest BCUT2D eigenvalue weighted by Crippen LogP contribution is 2.42. The zero-order chi connectivity index (χ0) is 48.2. The van der Waals surface area contributed by atoms with E-state index in [1.165, 1.54) is 21.2 Å². The van der Waals surface area contributed by atoms with Crippen LogP contribution in [0.15, 0.2) is 41.9 Å². The summed E-state index contributed by atoms with van der Waals surface area (Å²) >= 11 is 1.43. The molecule has 6 heterocycles. The van der Waals surface area contributed by atoms with E-state index in [0.29, 0.717) is 63.6 Å². The van der Waals surface area contributed by atoms with Crippen molar-refractivity contribution in [1.29, 1.82) is 0 Å². The first-order chi connectivity index (χ1) is 32.1. The van der Waals surface area contributed by atoms with Gasteiger partial charge in [0.25, 0.3) is 5.91 Å². The molecule has 17 heteroatoms. The topological polar surface area (TPSA) is 172 Å². The molecule has 4 amide bonds. The summed E-state index contributed by atoms with van der Waals surface area (Å²) in [6.07, 6.45) is 4.03. The number of urea groups is 1. The van der Waals surface area contributed by atoms with Crippen molar-refractivity contribution in [2.75, 3.05) is 60.6 Å². The number of aryl methyl sites for hydroxylation is 1. The van der Waals surface area contributed by atoms with E-state index in [-0.39, 0.29) is 43.1 Å². The number of nitrogens with zero attached hydrogens (tertiary/aromatic N) is 6. The first-order valence-electron chi connectivity index (χ1n) is 24.0. The second-order valence-electron chi connectivity index (χ2n) is 19.4. The molecule has 364 valence electrons. The summed E-state index contributed by atoms with van der Waals surface area (Å²) < 4.78 is 20.4. The zero-order valence-corrected chi connectivity index (χ0v) is 41.8. The fourth-order valence-corrected chi connectivity index (χ4v) is 10.8. The SMILES string of the molecule is CC[C@H]1CN(C(=O)N(C)[C@H](C(=O)N[C@H]2Cc3nc(cs3)-c3ccc4c(c3)c(c(-c3cccnc3[C@H](C)OC)n4CC)CC(C)(C)COC(=O)[C@@H]3CCCN(N3)C2=O)C(C)C)C[C@@H]1OCCNC. The molecule has 3 aromatic heterocycles. The maximum absolute atomic E-state index is 14.7. The van der Waals surface area contributed by atoms with Crippen LogP contribution in [0, 0.1) is 17.3 Å². The fourth-order valence-electron chi connectivity index (χ4n) is 9.98. The molecular formula is C50H71N9O7S. The van der Waals surface area contributed by atoms with E-state index in [9.17, 15) is 19.2 Å². The molecule has 67 heavy (non-hydrogen) atoms. The monoisotopic (exact) mass is 942 g/mol. The third-order valence-corrected chi connectivity index (χ3v) is 14.5. The maximum atomic E-state index is 14.7. The summed E-state index contributed by atoms with van der Waals surface area (Å²) in [5.41, 5.74) is 9.37. The molecule has 2 saturated heterocycles. The third kappa shape index (κ3) is 10.9. The number of thiazole rings is 1. The number of nitrogens with one attached hydrogen (secondary N) is 3. The first kappa shape index (κ1) is 50.0. The molecule has 7 rings (SSSR count). The first-order valence-corrected chi connectivity index (χ1v) is 24.9. The number of amides is 4. The highest BCUT2D eigenvalue weighted by atomic mass is 32.1. The van der Waals surface area contributed by atoms with Crippen molar-refractivity contribution in [3.63, 3.8) is 0 Å². The van der Waals surface area contributed by atoms with Gasteiger partial charge in [0.05, 0.1) is 47.5 Å². The van der Waals surface area contributed by atoms with Crippen LogP contribution in [-0.2, 0) is 48.0 Å². The van der Waals surface area contributed by atoms with Crippen LogP contribution in [0.1, 0.15) is 90.1 Å². The lowest BCUT2D eigenvalue weighted by molar-refractivity contribution is -0.155. The molecule has 16 nitrogen and oxygen atoms in total. The number of aromatic nitrogens is 3. The van der Waals surface area contributed by atoms with Gasteiger partial charge in [-0.15, -0.1) is 11.3 Å². The van der Waals surface area contributed by atoms with Crippen molar-refractivity contribution in [2.24, 2.45) is 17.3 Å². The molecule has 6 atom stereocenters. The molecule has 3 aliphatic rings. The minimum absolute atomic E-state index is 0.0939. The molecule has 0 radical (unpaired) electrons. The lowest BCUT2D eigenvalue weighted by Gasteiger charge is -2.37. The Morgan fingerprint density at radius 2 is 1.93 bits per heavy atom. The van der Waals surface area contributed by atoms with Crippen molar-refractivity contribution in [2.45, 2.75) is 117 Å². The van der Waals surface area contributed by atoms with E-state index < -0.39 is 41.3 Å². The Bertz CT molecular complexity index is 2400. The van der Waals surface area contributed by atoms with Crippen molar-refractivity contribution >= 4 is 46.1 Å². The number of rotatable bonds is 13. The van der Waals surface area contributed by atoms with E-state index in [0.717, 1.165) is 51.1 Å². The number of fused-ring (bicyclic) bond motifs is 6. The van der Waals surface area contributed by atoms with Crippen LogP contribution >= 0.6 is 11.3 Å². The highest BCUT2D eigenvalue weighted by Gasteiger charge is 2.41. The summed E-state index contributed by atoms with van der Waals surface area (Å²) in [6.45, 7) is 17.6. The molecular weight excluding hydrogens is 871 g/mol. The normalized spacial score (nSPS) is 22.1. The molecule has 0 unspecified atom stereocenters. The molecule has 3 N–H and O–H groups in total. The molecule has 0 aliphatic carbocycles. The van der Waals surface area contributed by atoms with E-state index in [1.807, 2.05) is 39.3 Å². The van der Waals surface area contributed by atoms with Crippen molar-refractivity contribution in [3.8, 4) is 22.5 Å². The number of pyridine rings is 1. The van der Waals surface area contributed by atoms with E-state index >= 15 is 0 Å². The van der Waals surface area contributed by atoms with Gasteiger partial charge < -0.3 is 39.2 Å². The molecule has 6 bridgehead atoms. The van der Waals surface area contributed by atoms with Gasteiger partial charge in [-0.25, -0.2) is 15.2 Å². The van der Waals surface area contributed by atoms with Crippen LogP contribution in [0.4, 0.5) is 4.79 Å². The van der Waals surface area contributed by atoms with Crippen LogP contribution in [0.5, 0.6) is 0 Å². The highest BCUT2D eigenvalue weighted by molar-refractivity contribution is 7.10. The number of esters is 1. The number of cyclic esters (lactones) is 1. The smallest absolute Gasteiger partial charge is 0.324 e. The quantitative estimate of drug-likeness (QED) is 0.103. The number of carbonyl (C=O) groups is 4. The summed E-state index contributed by atoms with van der Waals surface area (Å²) in [5, 5.41) is 11.3. The molecule has 1 aromatic carbocycles. The standard InChI is InChI=1S/C50H71N9O7S/c1-11-32-26-57(27-41(32)65-22-20-51-8)49(63)56(9)44(30(3)4)46(60)54-38-24-42-53-39(28-67-42)33-17-18-40-35(23-33)36(45(58(40)12-2)34-15-13-19-52-43(34)31(5)64-10)25-50(6,7)29-66-48(62)37-16-14-21-59(55-37)47(38)61/h13,15,17-19,23,28,30-32,37-38,41,44,51,55H,11-12,14,16,20-22,24-27,29H2,1-10H3,(H,54,60)/t31-,32-,37-,38-,41-,44-/m0/s1. The minimum atomic E-state index is -1.06. The van der Waals surface area contributed by atoms with Gasteiger partial charge in [-0.1, -0.05) is 40.7 Å². The van der Waals surface area contributed by atoms with Gasteiger partial charge in [-0.2, -0.15) is 0 Å². The Labute approximate surface area is 399 Å². The maximum Gasteiger partial charge on any atom is 0.324 e. The van der Waals surface area contributed by atoms with Crippen LogP contribution < -0.4 is 16.1 Å². The van der Waals surface area contributed by atoms with Gasteiger partial charge in [-0.3, -0.25) is 24.4 Å². The van der Waals surface area contributed by atoms with Gasteiger partial charge in [0, 0.05) is 98.2 Å². The molecule has 0 saturated carbocycles. The lowest BCUT2D eigenvalue weighted by Crippen LogP contribution is -2.62. The fraction of sp³-hybridized carbons (Fsp3) is 0.600. The average molecular weight is 942 g/mol. The number of hydrogen-bond donors (Lipinski definition) is 3. The molecule has 3 aliphatic heterocycles. The summed E-state index contributed by atoms with van der Waals surface area (Å²) in [6, 6.07) is 7.49. The molecule has 0 spiro atoms. The molecule has 2 fully saturated rings. The van der Waals surface area contributed by atoms with Gasteiger partial charge >= 0.3 is 12.0 Å². The van der Waals surface area contributed by atoms with Crippen LogP contribution in [0.2, 0.25) is 0 Å². The Hall–Kier alpha value is -4.94. The number of likely N-dealkylation sites (N-methyl/N-ethyl adjacent to an activating group) is 2. The Morgan fingerprint density at radius 1 is 1.13 bits per heavy atom. The predicted octanol–water partition coefficient (Wildman–Crippen LogP) is 6.23.